The molecule has 0 aliphatic rings. The van der Waals surface area contributed by atoms with E-state index in [0.29, 0.717) is 0 Å². The Hall–Kier alpha value is 75.6. The fourth-order valence-electron chi connectivity index (χ4n) is 0. The maximum atomic E-state index is 9.75. The van der Waals surface area contributed by atoms with Gasteiger partial charge in [0.1, 0.15) is 0 Å². The van der Waals surface area contributed by atoms with Crippen molar-refractivity contribution in [1.82, 2.24) is 0 Å². The Morgan fingerprint density at radius 1 is 0.0581 bits per heavy atom. The van der Waals surface area contributed by atoms with Gasteiger partial charge in [-0.3, -0.25) is 0 Å². The van der Waals surface area contributed by atoms with Gasteiger partial charge in [0, 0.05) is 0 Å². The summed E-state index contributed by atoms with van der Waals surface area (Å²) in [4.78, 5) is 0. The van der Waals surface area contributed by atoms with E-state index < -0.39 is 14.5 Å². The molecule has 0 unspecified atom stereocenters. The van der Waals surface area contributed by atoms with Crippen molar-refractivity contribution in [3.05, 3.63) is 0 Å². The van der Waals surface area contributed by atoms with E-state index >= 15 is 0 Å². The third kappa shape index (κ3) is 703. The second-order valence-corrected chi connectivity index (χ2v) is 0.990. The SMILES string of the molecule is F[B-](F)(F)F.F[B-](F)(F)F.[Na+].[Na+].[Na+].[Na+].[Na+].[Na+].[Na+].[Na+].[Na+].[Na+].[Na+].[Na+].[Na+].[Na+].[Na+].[Na+].[Na+].[Na+].[Na+].[Na+].[Na+].[Na+].[Na+].[Na+].[Na+].[Na+].[Na+].[Na+].[Na+].[Na+].[Na+].[Na+].[Na+].[Na+].[Na+].[Na+].[Na+].[Na+].[Na+].[Na+].[Na+].[Na+].[Na+].[Na+].[Na+].[Na+].[Na+].[Na+].[Na+].[Na+].[Na+].[Na+].[Na+].[Na+].[Na+].[Na+].[Na+].[Na+].[Na+].[Na+].[Na+].[Na+].[Na+].[Na+].[Na+].[Na+].[Na+].[Na+].[Na+].[Na+].[Na+].[Na+].[Na+].[Na+].[Na+].[Na+]. The minimum atomic E-state index is -6.00. The van der Waals surface area contributed by atoms with Gasteiger partial charge < -0.3 is 34.5 Å². The largest absolute Gasteiger partial charge is 1.00 e. The Labute approximate surface area is 2210 Å². The molecule has 0 aromatic rings. The van der Waals surface area contributed by atoms with Crippen molar-refractivity contribution in [1.29, 1.82) is 0 Å². The van der Waals surface area contributed by atoms with Crippen LogP contribution in [0, 0.1) is 0 Å². The molecule has 0 N–H and O–H groups in total. The van der Waals surface area contributed by atoms with E-state index in [1.807, 2.05) is 0 Å². The Balaban J connectivity index is -0.000000000104. The molecule has 0 fully saturated rings. The fourth-order valence-corrected chi connectivity index (χ4v) is 0. The molecule has 0 saturated heterocycles. The van der Waals surface area contributed by atoms with Crippen molar-refractivity contribution in [2.24, 2.45) is 0 Å². The normalized spacial score (nSPS) is 1.40. The summed E-state index contributed by atoms with van der Waals surface area (Å²) in [6.07, 6.45) is 0. The first-order valence-corrected chi connectivity index (χ1v) is 1.75. The van der Waals surface area contributed by atoms with Crippen LogP contribution in [0.1, 0.15) is 0 Å². The smallest absolute Gasteiger partial charge is 0.418 e. The second-order valence-electron chi connectivity index (χ2n) is 0.990. The van der Waals surface area contributed by atoms with E-state index in [-0.39, 0.29) is 2250 Å². The van der Waals surface area contributed by atoms with E-state index in [0.717, 1.165) is 0 Å². The summed E-state index contributed by atoms with van der Waals surface area (Å²) in [7, 11) is -12.0. The van der Waals surface area contributed by atoms with Crippen LogP contribution in [0.3, 0.4) is 0 Å². The van der Waals surface area contributed by atoms with Crippen LogP contribution in [-0.2, 0) is 0 Å². The molecule has 0 aliphatic heterocycles. The van der Waals surface area contributed by atoms with E-state index in [1.165, 1.54) is 0 Å². The molecule has 0 amide bonds. The van der Waals surface area contributed by atoms with E-state index in [9.17, 15) is 34.5 Å². The summed E-state index contributed by atoms with van der Waals surface area (Å²) < 4.78 is 78.0. The standard InChI is InChI=1S/2BF4.76Na/c2*2-1(3,4)5;;;;;;;;;;;;;;;;;;;;;;;;;;;;;;;;;;;;;;;;;;;;;;;;;;;;;;;;;;;;;;;;;;;;;;;;;;;;/q2*-1;76*+1. The van der Waals surface area contributed by atoms with Crippen molar-refractivity contribution >= 4 is 14.5 Å². The summed E-state index contributed by atoms with van der Waals surface area (Å²) >= 11 is 0. The van der Waals surface area contributed by atoms with Gasteiger partial charge in [-0.2, -0.15) is 0 Å². The van der Waals surface area contributed by atoms with Crippen molar-refractivity contribution in [2.45, 2.75) is 0 Å². The minimum absolute atomic E-state index is 0. The first-order chi connectivity index (χ1) is 4.00. The van der Waals surface area contributed by atoms with Crippen molar-refractivity contribution < 1.29 is 2280 Å². The van der Waals surface area contributed by atoms with Gasteiger partial charge in [0.15, 0.2) is 0 Å². The summed E-state index contributed by atoms with van der Waals surface area (Å²) in [5, 5.41) is 0. The third-order valence-corrected chi connectivity index (χ3v) is 0. The molecule has 0 aliphatic carbocycles. The number of rotatable bonds is 0. The van der Waals surface area contributed by atoms with Crippen molar-refractivity contribution in [2.75, 3.05) is 0 Å². The van der Waals surface area contributed by atoms with Gasteiger partial charge in [0.05, 0.1) is 0 Å². The van der Waals surface area contributed by atoms with Crippen LogP contribution >= 0.6 is 0 Å². The molecule has 0 heterocycles. The quantitative estimate of drug-likeness (QED) is 0.168. The van der Waals surface area contributed by atoms with Crippen LogP contribution in [0.25, 0.3) is 0 Å². The van der Waals surface area contributed by atoms with Crippen molar-refractivity contribution in [3.8, 4) is 0 Å². The van der Waals surface area contributed by atoms with Gasteiger partial charge in [-0.05, 0) is 0 Å². The molecule has 0 spiro atoms. The summed E-state index contributed by atoms with van der Waals surface area (Å²) in [6.45, 7) is 0. The molecule has 0 radical (unpaired) electrons. The average molecular weight is 1920 g/mol. The average Bonchev–Trinajstić information content (AvgIpc) is 1.12. The number of hydrogen-bond acceptors (Lipinski definition) is 0. The van der Waals surface area contributed by atoms with Crippen LogP contribution in [0.5, 0.6) is 0 Å². The molecular weight excluding hydrogens is 1920 g/mol. The fraction of sp³-hybridized carbons (Fsp3) is 0. The molecule has 86 heavy (non-hydrogen) atoms. The predicted molar refractivity (Wildman–Crippen MR) is 20.4 cm³/mol. The van der Waals surface area contributed by atoms with Crippen LogP contribution in [0.15, 0.2) is 0 Å². The van der Waals surface area contributed by atoms with E-state index in [2.05, 4.69) is 0 Å². The first kappa shape index (κ1) is 596. The Kier molecular flexibility index (Phi) is 3700. The van der Waals surface area contributed by atoms with Crippen LogP contribution in [-0.4, -0.2) is 14.5 Å². The maximum absolute atomic E-state index is 9.75. The maximum Gasteiger partial charge on any atom is 1.00 e. The topological polar surface area (TPSA) is 0 Å². The summed E-state index contributed by atoms with van der Waals surface area (Å²) in [6, 6.07) is 0. The van der Waals surface area contributed by atoms with Gasteiger partial charge in [-0.25, -0.2) is 0 Å². The van der Waals surface area contributed by atoms with Crippen LogP contribution in [0.4, 0.5) is 34.5 Å². The first-order valence-electron chi connectivity index (χ1n) is 1.75. The molecule has 0 aromatic carbocycles. The zero-order valence-corrected chi connectivity index (χ0v) is 232. The summed E-state index contributed by atoms with van der Waals surface area (Å²) in [5.41, 5.74) is 0. The molecule has 86 heteroatoms. The molecular formula is B2F8Na76+74. The Bertz CT molecular complexity index is 94.8. The Morgan fingerprint density at radius 3 is 0.0581 bits per heavy atom. The molecule has 0 aromatic heterocycles. The molecule has 64 valence electrons. The predicted octanol–water partition coefficient (Wildman–Crippen LogP) is -225. The zero-order valence-electron chi connectivity index (χ0n) is 80.2. The van der Waals surface area contributed by atoms with E-state index in [1.54, 1.807) is 0 Å². The third-order valence-electron chi connectivity index (χ3n) is 0. The van der Waals surface area contributed by atoms with Gasteiger partial charge in [-0.15, -0.1) is 0 Å². The minimum Gasteiger partial charge on any atom is -0.418 e. The number of halogens is 8. The zero-order chi connectivity index (χ0) is 9.00. The molecule has 0 rings (SSSR count). The van der Waals surface area contributed by atoms with Gasteiger partial charge in [0.2, 0.25) is 0 Å². The monoisotopic (exact) mass is 1920 g/mol. The van der Waals surface area contributed by atoms with Gasteiger partial charge in [-0.1, -0.05) is 0 Å². The Morgan fingerprint density at radius 2 is 0.0581 bits per heavy atom. The number of hydrogen-bond donors (Lipinski definition) is 0. The molecule has 0 bridgehead atoms. The van der Waals surface area contributed by atoms with E-state index in [4.69, 9.17) is 0 Å². The second kappa shape index (κ2) is 533. The molecule has 0 nitrogen and oxygen atoms in total. The summed E-state index contributed by atoms with van der Waals surface area (Å²) in [5.74, 6) is 0. The van der Waals surface area contributed by atoms with Crippen LogP contribution in [0.2, 0.25) is 0 Å². The van der Waals surface area contributed by atoms with Gasteiger partial charge >= 0.3 is 2260 Å². The van der Waals surface area contributed by atoms with Crippen LogP contribution < -0.4 is 2250 Å². The molecule has 0 atom stereocenters. The van der Waals surface area contributed by atoms with Crippen molar-refractivity contribution in [3.63, 3.8) is 0 Å². The van der Waals surface area contributed by atoms with Gasteiger partial charge in [0.25, 0.3) is 0 Å². The molecule has 0 saturated carbocycles.